The fourth-order valence-corrected chi connectivity index (χ4v) is 5.25. The molecule has 0 heterocycles. The van der Waals surface area contributed by atoms with E-state index in [2.05, 4.69) is 6.92 Å². The van der Waals surface area contributed by atoms with Crippen LogP contribution in [0.15, 0.2) is 22.8 Å². The zero-order chi connectivity index (χ0) is 17.6. The van der Waals surface area contributed by atoms with Crippen LogP contribution in [-0.4, -0.2) is 35.0 Å². The molecule has 3 aliphatic rings. The van der Waals surface area contributed by atoms with Crippen molar-refractivity contribution in [2.75, 3.05) is 6.61 Å². The minimum atomic E-state index is -0.963. The molecule has 3 aliphatic carbocycles. The Bertz CT molecular complexity index is 617. The second-order valence-corrected chi connectivity index (χ2v) is 8.23. The molecule has 4 heteroatoms. The molecule has 0 aromatic rings. The SMILES string of the molecule is C[C@H]1[C@H]2C[C@]3(C)CCC([C@@H](C)CO)=C3C/C=C(/C=O)[C@@H]2C(=O)[C@H]1O. The molecule has 4 nitrogen and oxygen atoms in total. The number of aliphatic hydroxyl groups excluding tert-OH is 2. The Morgan fingerprint density at radius 1 is 1.46 bits per heavy atom. The van der Waals surface area contributed by atoms with Crippen molar-refractivity contribution in [2.24, 2.45) is 29.1 Å². The van der Waals surface area contributed by atoms with Crippen molar-refractivity contribution in [1.29, 1.82) is 0 Å². The standard InChI is InChI=1S/C20H28O4/c1-11(9-21)14-6-7-20(3)8-15-12(2)18(23)19(24)17(15)13(10-22)4-5-16(14)20/h4,10-12,15,17-18,21,23H,5-9H2,1-3H3/b13-4-/t11-,12-,15+,17-,18-,20-/m0/s1. The van der Waals surface area contributed by atoms with Gasteiger partial charge in [0.15, 0.2) is 5.78 Å². The number of rotatable bonds is 3. The highest BCUT2D eigenvalue weighted by atomic mass is 16.3. The summed E-state index contributed by atoms with van der Waals surface area (Å²) >= 11 is 0. The molecule has 0 amide bonds. The summed E-state index contributed by atoms with van der Waals surface area (Å²) in [5.74, 6) is -0.623. The van der Waals surface area contributed by atoms with E-state index in [4.69, 9.17) is 0 Å². The normalized spacial score (nSPS) is 42.7. The number of hydrogen-bond acceptors (Lipinski definition) is 4. The largest absolute Gasteiger partial charge is 0.396 e. The summed E-state index contributed by atoms with van der Waals surface area (Å²) in [5, 5.41) is 19.8. The molecule has 0 aromatic heterocycles. The minimum absolute atomic E-state index is 0.00744. The summed E-state index contributed by atoms with van der Waals surface area (Å²) in [7, 11) is 0. The monoisotopic (exact) mass is 332 g/mol. The maximum absolute atomic E-state index is 12.5. The maximum Gasteiger partial charge on any atom is 0.169 e. The van der Waals surface area contributed by atoms with Gasteiger partial charge in [0.2, 0.25) is 0 Å². The molecule has 24 heavy (non-hydrogen) atoms. The highest BCUT2D eigenvalue weighted by Gasteiger charge is 2.52. The molecule has 3 rings (SSSR count). The van der Waals surface area contributed by atoms with E-state index in [1.165, 1.54) is 11.1 Å². The molecule has 6 atom stereocenters. The second-order valence-electron chi connectivity index (χ2n) is 8.23. The Labute approximate surface area is 143 Å². The number of carbonyl (C=O) groups excluding carboxylic acids is 2. The van der Waals surface area contributed by atoms with Crippen LogP contribution in [0.4, 0.5) is 0 Å². The van der Waals surface area contributed by atoms with Crippen LogP contribution in [0, 0.1) is 29.1 Å². The van der Waals surface area contributed by atoms with Crippen LogP contribution in [0.3, 0.4) is 0 Å². The van der Waals surface area contributed by atoms with Gasteiger partial charge in [-0.05, 0) is 48.5 Å². The smallest absolute Gasteiger partial charge is 0.169 e. The third-order valence-electron chi connectivity index (χ3n) is 6.85. The Balaban J connectivity index is 2.08. The van der Waals surface area contributed by atoms with Crippen LogP contribution >= 0.6 is 0 Å². The molecule has 0 aromatic carbocycles. The number of aldehydes is 1. The molecular formula is C20H28O4. The number of allylic oxidation sites excluding steroid dienone is 3. The number of Topliss-reactive ketones (excluding diaryl/α,β-unsaturated/α-hetero) is 1. The Morgan fingerprint density at radius 3 is 2.79 bits per heavy atom. The van der Waals surface area contributed by atoms with Gasteiger partial charge >= 0.3 is 0 Å². The number of fused-ring (bicyclic) bond motifs is 2. The Morgan fingerprint density at radius 2 is 2.17 bits per heavy atom. The summed E-state index contributed by atoms with van der Waals surface area (Å²) in [6, 6.07) is 0. The number of ketones is 1. The summed E-state index contributed by atoms with van der Waals surface area (Å²) in [6.45, 7) is 6.36. The quantitative estimate of drug-likeness (QED) is 0.615. The lowest BCUT2D eigenvalue weighted by Gasteiger charge is -2.36. The van der Waals surface area contributed by atoms with Gasteiger partial charge in [-0.15, -0.1) is 0 Å². The highest BCUT2D eigenvalue weighted by Crippen LogP contribution is 2.55. The molecule has 0 unspecified atom stereocenters. The topological polar surface area (TPSA) is 74.6 Å². The second kappa shape index (κ2) is 6.23. The van der Waals surface area contributed by atoms with Gasteiger partial charge < -0.3 is 10.2 Å². The van der Waals surface area contributed by atoms with Gasteiger partial charge in [0.25, 0.3) is 0 Å². The van der Waals surface area contributed by atoms with Gasteiger partial charge in [0.05, 0.1) is 5.92 Å². The lowest BCUT2D eigenvalue weighted by atomic mass is 9.67. The first-order chi connectivity index (χ1) is 11.3. The number of hydrogen-bond donors (Lipinski definition) is 2. The van der Waals surface area contributed by atoms with Gasteiger partial charge in [0.1, 0.15) is 12.4 Å². The zero-order valence-electron chi connectivity index (χ0n) is 14.8. The van der Waals surface area contributed by atoms with E-state index in [9.17, 15) is 19.8 Å². The van der Waals surface area contributed by atoms with Crippen molar-refractivity contribution in [3.8, 4) is 0 Å². The van der Waals surface area contributed by atoms with Crippen LogP contribution < -0.4 is 0 Å². The Kier molecular flexibility index (Phi) is 4.56. The van der Waals surface area contributed by atoms with Crippen molar-refractivity contribution in [1.82, 2.24) is 0 Å². The molecule has 132 valence electrons. The van der Waals surface area contributed by atoms with E-state index in [-0.39, 0.29) is 35.6 Å². The molecule has 0 spiro atoms. The lowest BCUT2D eigenvalue weighted by molar-refractivity contribution is -0.128. The average Bonchev–Trinajstić information content (AvgIpc) is 2.97. The van der Waals surface area contributed by atoms with E-state index in [1.54, 1.807) is 0 Å². The predicted molar refractivity (Wildman–Crippen MR) is 91.2 cm³/mol. The summed E-state index contributed by atoms with van der Waals surface area (Å²) < 4.78 is 0. The van der Waals surface area contributed by atoms with E-state index >= 15 is 0 Å². The predicted octanol–water partition coefficient (Wildman–Crippen LogP) is 2.44. The summed E-state index contributed by atoms with van der Waals surface area (Å²) in [5.41, 5.74) is 3.18. The molecule has 2 N–H and O–H groups in total. The minimum Gasteiger partial charge on any atom is -0.396 e. The van der Waals surface area contributed by atoms with Crippen molar-refractivity contribution >= 4 is 12.1 Å². The van der Waals surface area contributed by atoms with E-state index < -0.39 is 12.0 Å². The van der Waals surface area contributed by atoms with E-state index in [0.29, 0.717) is 12.0 Å². The molecule has 1 saturated carbocycles. The van der Waals surface area contributed by atoms with Crippen LogP contribution in [0.25, 0.3) is 0 Å². The van der Waals surface area contributed by atoms with E-state index in [1.807, 2.05) is 19.9 Å². The molecule has 0 radical (unpaired) electrons. The maximum atomic E-state index is 12.5. The first-order valence-electron chi connectivity index (χ1n) is 9.04. The van der Waals surface area contributed by atoms with Crippen molar-refractivity contribution < 1.29 is 19.8 Å². The van der Waals surface area contributed by atoms with Crippen molar-refractivity contribution in [3.63, 3.8) is 0 Å². The van der Waals surface area contributed by atoms with Gasteiger partial charge in [-0.25, -0.2) is 0 Å². The fraction of sp³-hybridized carbons (Fsp3) is 0.700. The average molecular weight is 332 g/mol. The molecule has 0 saturated heterocycles. The highest BCUT2D eigenvalue weighted by molar-refractivity contribution is 5.96. The molecule has 1 fully saturated rings. The third kappa shape index (κ3) is 2.51. The number of carbonyl (C=O) groups is 2. The van der Waals surface area contributed by atoms with Gasteiger partial charge in [-0.1, -0.05) is 38.0 Å². The first-order valence-corrected chi connectivity index (χ1v) is 9.04. The van der Waals surface area contributed by atoms with Crippen LogP contribution in [0.2, 0.25) is 0 Å². The van der Waals surface area contributed by atoms with Gasteiger partial charge in [-0.2, -0.15) is 0 Å². The number of aliphatic hydroxyl groups is 2. The molecular weight excluding hydrogens is 304 g/mol. The van der Waals surface area contributed by atoms with Crippen LogP contribution in [-0.2, 0) is 9.59 Å². The summed E-state index contributed by atoms with van der Waals surface area (Å²) in [6.07, 6.45) is 5.22. The Hall–Kier alpha value is -1.26. The molecule has 0 aliphatic heterocycles. The van der Waals surface area contributed by atoms with Crippen LogP contribution in [0.1, 0.15) is 46.5 Å². The van der Waals surface area contributed by atoms with E-state index in [0.717, 1.165) is 25.5 Å². The van der Waals surface area contributed by atoms with Crippen molar-refractivity contribution in [2.45, 2.75) is 52.6 Å². The summed E-state index contributed by atoms with van der Waals surface area (Å²) in [4.78, 5) is 24.1. The first kappa shape index (κ1) is 17.6. The third-order valence-corrected chi connectivity index (χ3v) is 6.85. The molecule has 0 bridgehead atoms. The van der Waals surface area contributed by atoms with Gasteiger partial charge in [-0.3, -0.25) is 9.59 Å². The van der Waals surface area contributed by atoms with Crippen LogP contribution in [0.5, 0.6) is 0 Å². The van der Waals surface area contributed by atoms with Gasteiger partial charge in [0, 0.05) is 12.5 Å². The zero-order valence-corrected chi connectivity index (χ0v) is 14.8. The van der Waals surface area contributed by atoms with Crippen molar-refractivity contribution in [3.05, 3.63) is 22.8 Å². The fourth-order valence-electron chi connectivity index (χ4n) is 5.25. The lowest BCUT2D eigenvalue weighted by Crippen LogP contribution is -2.30.